The van der Waals surface area contributed by atoms with E-state index in [0.29, 0.717) is 5.69 Å². The van der Waals surface area contributed by atoms with Crippen LogP contribution in [-0.2, 0) is 10.0 Å². The third-order valence-corrected chi connectivity index (χ3v) is 4.62. The maximum Gasteiger partial charge on any atom is 0.261 e. The van der Waals surface area contributed by atoms with E-state index in [1.165, 1.54) is 0 Å². The van der Waals surface area contributed by atoms with Crippen molar-refractivity contribution in [3.63, 3.8) is 0 Å². The predicted molar refractivity (Wildman–Crippen MR) is 85.6 cm³/mol. The Morgan fingerprint density at radius 2 is 1.68 bits per heavy atom. The minimum Gasteiger partial charge on any atom is -0.280 e. The zero-order valence-electron chi connectivity index (χ0n) is 12.0. The smallest absolute Gasteiger partial charge is 0.261 e. The zero-order chi connectivity index (χ0) is 15.6. The van der Waals surface area contributed by atoms with Gasteiger partial charge in [-0.05, 0) is 49.4 Å². The summed E-state index contributed by atoms with van der Waals surface area (Å²) in [4.78, 5) is 0.212. The molecular formula is C16H15N3O2S. The van der Waals surface area contributed by atoms with Gasteiger partial charge in [0.15, 0.2) is 0 Å². The summed E-state index contributed by atoms with van der Waals surface area (Å²) in [7, 11) is -3.59. The normalized spacial score (nSPS) is 11.3. The zero-order valence-corrected chi connectivity index (χ0v) is 12.8. The average Bonchev–Trinajstić information content (AvgIpc) is 3.04. The van der Waals surface area contributed by atoms with E-state index < -0.39 is 10.0 Å². The van der Waals surface area contributed by atoms with Crippen LogP contribution in [0.4, 0.5) is 5.69 Å². The average molecular weight is 313 g/mol. The van der Waals surface area contributed by atoms with E-state index in [9.17, 15) is 8.42 Å². The van der Waals surface area contributed by atoms with Crippen molar-refractivity contribution in [1.82, 2.24) is 9.78 Å². The molecule has 3 rings (SSSR count). The molecule has 0 spiro atoms. The lowest BCUT2D eigenvalue weighted by Crippen LogP contribution is -2.13. The molecule has 0 aliphatic rings. The van der Waals surface area contributed by atoms with Gasteiger partial charge in [0.1, 0.15) is 0 Å². The Kier molecular flexibility index (Phi) is 3.68. The lowest BCUT2D eigenvalue weighted by molar-refractivity contribution is 0.601. The predicted octanol–water partition coefficient (Wildman–Crippen LogP) is 2.98. The molecule has 3 aromatic rings. The SMILES string of the molecule is Cc1ccc(NS(=O)(=O)c2ccc(-n3cccn3)cc2)cc1. The van der Waals surface area contributed by atoms with Crippen molar-refractivity contribution < 1.29 is 8.42 Å². The van der Waals surface area contributed by atoms with Crippen LogP contribution in [0.3, 0.4) is 0 Å². The number of aromatic nitrogens is 2. The highest BCUT2D eigenvalue weighted by molar-refractivity contribution is 7.92. The van der Waals surface area contributed by atoms with E-state index in [1.807, 2.05) is 25.1 Å². The summed E-state index contributed by atoms with van der Waals surface area (Å²) < 4.78 is 28.9. The van der Waals surface area contributed by atoms with Gasteiger partial charge in [-0.15, -0.1) is 0 Å². The van der Waals surface area contributed by atoms with Gasteiger partial charge in [-0.1, -0.05) is 17.7 Å². The molecular weight excluding hydrogens is 298 g/mol. The molecule has 1 aromatic heterocycles. The Morgan fingerprint density at radius 3 is 2.27 bits per heavy atom. The van der Waals surface area contributed by atoms with E-state index >= 15 is 0 Å². The molecule has 22 heavy (non-hydrogen) atoms. The number of hydrogen-bond acceptors (Lipinski definition) is 3. The van der Waals surface area contributed by atoms with Crippen LogP contribution in [0.1, 0.15) is 5.56 Å². The largest absolute Gasteiger partial charge is 0.280 e. The first-order chi connectivity index (χ1) is 10.5. The Hall–Kier alpha value is -2.60. The van der Waals surface area contributed by atoms with Crippen molar-refractivity contribution >= 4 is 15.7 Å². The van der Waals surface area contributed by atoms with Gasteiger partial charge in [-0.3, -0.25) is 4.72 Å². The molecule has 0 amide bonds. The van der Waals surface area contributed by atoms with Gasteiger partial charge < -0.3 is 0 Å². The van der Waals surface area contributed by atoms with Gasteiger partial charge in [0, 0.05) is 18.1 Å². The van der Waals surface area contributed by atoms with Gasteiger partial charge in [-0.2, -0.15) is 5.10 Å². The van der Waals surface area contributed by atoms with Crippen molar-refractivity contribution in [3.05, 3.63) is 72.6 Å². The Balaban J connectivity index is 1.84. The third-order valence-electron chi connectivity index (χ3n) is 3.22. The molecule has 1 heterocycles. The second kappa shape index (κ2) is 5.65. The molecule has 1 N–H and O–H groups in total. The van der Waals surface area contributed by atoms with Gasteiger partial charge in [0.05, 0.1) is 10.6 Å². The van der Waals surface area contributed by atoms with Gasteiger partial charge >= 0.3 is 0 Å². The summed E-state index contributed by atoms with van der Waals surface area (Å²) in [5.74, 6) is 0. The minimum atomic E-state index is -3.59. The number of hydrogen-bond donors (Lipinski definition) is 1. The first-order valence-electron chi connectivity index (χ1n) is 6.74. The van der Waals surface area contributed by atoms with Gasteiger partial charge in [-0.25, -0.2) is 13.1 Å². The summed E-state index contributed by atoms with van der Waals surface area (Å²) in [5.41, 5.74) is 2.42. The number of aryl methyl sites for hydroxylation is 1. The highest BCUT2D eigenvalue weighted by atomic mass is 32.2. The van der Waals surface area contributed by atoms with Crippen LogP contribution in [0.15, 0.2) is 71.9 Å². The maximum absolute atomic E-state index is 12.4. The van der Waals surface area contributed by atoms with Gasteiger partial charge in [0.25, 0.3) is 10.0 Å². The van der Waals surface area contributed by atoms with Gasteiger partial charge in [0.2, 0.25) is 0 Å². The van der Waals surface area contributed by atoms with Crippen LogP contribution < -0.4 is 4.72 Å². The number of rotatable bonds is 4. The van der Waals surface area contributed by atoms with Crippen molar-refractivity contribution in [3.8, 4) is 5.69 Å². The molecule has 0 bridgehead atoms. The first kappa shape index (κ1) is 14.3. The second-order valence-corrected chi connectivity index (χ2v) is 6.60. The van der Waals surface area contributed by atoms with E-state index in [4.69, 9.17) is 0 Å². The summed E-state index contributed by atoms with van der Waals surface area (Å²) in [6.45, 7) is 1.95. The topological polar surface area (TPSA) is 64.0 Å². The van der Waals surface area contributed by atoms with Crippen LogP contribution in [0, 0.1) is 6.92 Å². The van der Waals surface area contributed by atoms with Crippen LogP contribution in [0.5, 0.6) is 0 Å². The molecule has 5 nitrogen and oxygen atoms in total. The molecule has 2 aromatic carbocycles. The monoisotopic (exact) mass is 313 g/mol. The number of nitrogens with one attached hydrogen (secondary N) is 1. The Bertz CT molecular complexity index is 853. The fourth-order valence-corrected chi connectivity index (χ4v) is 3.09. The summed E-state index contributed by atoms with van der Waals surface area (Å²) in [6.07, 6.45) is 3.47. The first-order valence-corrected chi connectivity index (χ1v) is 8.22. The standard InChI is InChI=1S/C16H15N3O2S/c1-13-3-5-14(6-4-13)18-22(20,21)16-9-7-15(8-10-16)19-12-2-11-17-19/h2-12,18H,1H3. The molecule has 0 saturated carbocycles. The van der Waals surface area contributed by atoms with E-state index in [2.05, 4.69) is 9.82 Å². The number of sulfonamides is 1. The summed E-state index contributed by atoms with van der Waals surface area (Å²) >= 11 is 0. The maximum atomic E-state index is 12.4. The number of anilines is 1. The highest BCUT2D eigenvalue weighted by Crippen LogP contribution is 2.18. The number of nitrogens with zero attached hydrogens (tertiary/aromatic N) is 2. The molecule has 0 saturated heterocycles. The molecule has 0 aliphatic carbocycles. The van der Waals surface area contributed by atoms with Crippen molar-refractivity contribution in [1.29, 1.82) is 0 Å². The van der Waals surface area contributed by atoms with Crippen molar-refractivity contribution in [2.75, 3.05) is 4.72 Å². The lowest BCUT2D eigenvalue weighted by atomic mass is 10.2. The van der Waals surface area contributed by atoms with E-state index in [1.54, 1.807) is 53.5 Å². The van der Waals surface area contributed by atoms with Crippen molar-refractivity contribution in [2.45, 2.75) is 11.8 Å². The molecule has 0 radical (unpaired) electrons. The molecule has 0 fully saturated rings. The second-order valence-electron chi connectivity index (χ2n) is 4.92. The van der Waals surface area contributed by atoms with Crippen LogP contribution in [-0.4, -0.2) is 18.2 Å². The summed E-state index contributed by atoms with van der Waals surface area (Å²) in [6, 6.07) is 15.6. The highest BCUT2D eigenvalue weighted by Gasteiger charge is 2.14. The minimum absolute atomic E-state index is 0.212. The fraction of sp³-hybridized carbons (Fsp3) is 0.0625. The summed E-state index contributed by atoms with van der Waals surface area (Å²) in [5, 5.41) is 4.11. The lowest BCUT2D eigenvalue weighted by Gasteiger charge is -2.09. The molecule has 0 atom stereocenters. The van der Waals surface area contributed by atoms with Crippen LogP contribution in [0.25, 0.3) is 5.69 Å². The number of benzene rings is 2. The fourth-order valence-electron chi connectivity index (χ4n) is 2.04. The van der Waals surface area contributed by atoms with Crippen molar-refractivity contribution in [2.24, 2.45) is 0 Å². The molecule has 0 aliphatic heterocycles. The third kappa shape index (κ3) is 3.01. The molecule has 112 valence electrons. The molecule has 0 unspecified atom stereocenters. The molecule has 6 heteroatoms. The van der Waals surface area contributed by atoms with Crippen LogP contribution >= 0.6 is 0 Å². The van der Waals surface area contributed by atoms with E-state index in [-0.39, 0.29) is 4.90 Å². The Labute approximate surface area is 129 Å². The van der Waals surface area contributed by atoms with E-state index in [0.717, 1.165) is 11.3 Å². The Morgan fingerprint density at radius 1 is 1.00 bits per heavy atom. The quantitative estimate of drug-likeness (QED) is 0.805. The van der Waals surface area contributed by atoms with Crippen LogP contribution in [0.2, 0.25) is 0 Å².